The molecule has 0 unspecified atom stereocenters. The highest BCUT2D eigenvalue weighted by Gasteiger charge is 2.13. The first-order chi connectivity index (χ1) is 9.65. The normalized spacial score (nSPS) is 10.3. The molecule has 0 amide bonds. The lowest BCUT2D eigenvalue weighted by Gasteiger charge is -2.06. The van der Waals surface area contributed by atoms with Crippen molar-refractivity contribution >= 4 is 12.4 Å². The van der Waals surface area contributed by atoms with Crippen molar-refractivity contribution in [1.82, 2.24) is 15.1 Å². The molecule has 0 radical (unpaired) electrons. The summed E-state index contributed by atoms with van der Waals surface area (Å²) in [6.07, 6.45) is 0. The number of methoxy groups -OCH3 is 1. The van der Waals surface area contributed by atoms with E-state index in [1.807, 2.05) is 38.1 Å². The fourth-order valence-electron chi connectivity index (χ4n) is 2.08. The summed E-state index contributed by atoms with van der Waals surface area (Å²) < 4.78 is 20.5. The molecule has 2 aromatic rings. The van der Waals surface area contributed by atoms with Crippen molar-refractivity contribution in [2.45, 2.75) is 33.5 Å². The zero-order chi connectivity index (χ0) is 14.5. The van der Waals surface area contributed by atoms with Crippen LogP contribution in [0, 0.1) is 12.9 Å². The highest BCUT2D eigenvalue weighted by atomic mass is 35.5. The van der Waals surface area contributed by atoms with E-state index >= 15 is 0 Å². The average Bonchev–Trinajstić information content (AvgIpc) is 2.75. The smallest absolute Gasteiger partial charge is 0.216 e. The first kappa shape index (κ1) is 17.5. The van der Waals surface area contributed by atoms with E-state index in [9.17, 15) is 4.39 Å². The minimum Gasteiger partial charge on any atom is -0.497 e. The van der Waals surface area contributed by atoms with Crippen molar-refractivity contribution in [3.8, 4) is 5.75 Å². The molecule has 4 nitrogen and oxygen atoms in total. The number of halogens is 2. The van der Waals surface area contributed by atoms with Crippen LogP contribution < -0.4 is 10.1 Å². The Kier molecular flexibility index (Phi) is 6.65. The van der Waals surface area contributed by atoms with E-state index in [4.69, 9.17) is 4.74 Å². The third-order valence-electron chi connectivity index (χ3n) is 3.27. The minimum atomic E-state index is -0.243. The topological polar surface area (TPSA) is 39.1 Å². The van der Waals surface area contributed by atoms with Crippen LogP contribution in [0.5, 0.6) is 5.75 Å². The maximum Gasteiger partial charge on any atom is 0.216 e. The lowest BCUT2D eigenvalue weighted by Crippen LogP contribution is -2.14. The second-order valence-corrected chi connectivity index (χ2v) is 4.62. The van der Waals surface area contributed by atoms with Crippen LogP contribution in [0.15, 0.2) is 24.3 Å². The van der Waals surface area contributed by atoms with Gasteiger partial charge in [0.2, 0.25) is 5.95 Å². The predicted octanol–water partition coefficient (Wildman–Crippen LogP) is 3.07. The Hall–Kier alpha value is -1.59. The van der Waals surface area contributed by atoms with Crippen LogP contribution >= 0.6 is 12.4 Å². The van der Waals surface area contributed by atoms with E-state index in [2.05, 4.69) is 10.4 Å². The van der Waals surface area contributed by atoms with E-state index in [0.29, 0.717) is 25.2 Å². The molecule has 0 bridgehead atoms. The molecule has 0 fully saturated rings. The quantitative estimate of drug-likeness (QED) is 0.891. The molecule has 6 heteroatoms. The summed E-state index contributed by atoms with van der Waals surface area (Å²) in [6, 6.07) is 7.81. The molecule has 0 saturated carbocycles. The second-order valence-electron chi connectivity index (χ2n) is 4.62. The SMILES string of the molecule is CCn1nc(C)c(CNCc2ccc(OC)cc2)c1F.Cl. The maximum atomic E-state index is 14.0. The summed E-state index contributed by atoms with van der Waals surface area (Å²) >= 11 is 0. The highest BCUT2D eigenvalue weighted by molar-refractivity contribution is 5.85. The zero-order valence-corrected chi connectivity index (χ0v) is 13.3. The molecular weight excluding hydrogens is 293 g/mol. The van der Waals surface area contributed by atoms with Gasteiger partial charge in [-0.3, -0.25) is 0 Å². The largest absolute Gasteiger partial charge is 0.497 e. The van der Waals surface area contributed by atoms with Gasteiger partial charge < -0.3 is 10.1 Å². The number of nitrogens with one attached hydrogen (secondary N) is 1. The van der Waals surface area contributed by atoms with Crippen LogP contribution in [0.4, 0.5) is 4.39 Å². The fraction of sp³-hybridized carbons (Fsp3) is 0.400. The summed E-state index contributed by atoms with van der Waals surface area (Å²) in [4.78, 5) is 0. The Balaban J connectivity index is 0.00000220. The summed E-state index contributed by atoms with van der Waals surface area (Å²) in [5, 5.41) is 7.40. The molecule has 1 aromatic heterocycles. The monoisotopic (exact) mass is 313 g/mol. The van der Waals surface area contributed by atoms with Crippen molar-refractivity contribution in [1.29, 1.82) is 0 Å². The maximum absolute atomic E-state index is 14.0. The molecule has 1 heterocycles. The number of benzene rings is 1. The summed E-state index contributed by atoms with van der Waals surface area (Å²) in [7, 11) is 1.64. The van der Waals surface area contributed by atoms with E-state index < -0.39 is 0 Å². The number of hydrogen-bond acceptors (Lipinski definition) is 3. The van der Waals surface area contributed by atoms with E-state index in [1.165, 1.54) is 4.68 Å². The van der Waals surface area contributed by atoms with Crippen molar-refractivity contribution in [2.24, 2.45) is 0 Å². The highest BCUT2D eigenvalue weighted by Crippen LogP contribution is 2.13. The Morgan fingerprint density at radius 1 is 1.24 bits per heavy atom. The van der Waals surface area contributed by atoms with Gasteiger partial charge in [0.05, 0.1) is 12.8 Å². The van der Waals surface area contributed by atoms with Crippen LogP contribution in [0.25, 0.3) is 0 Å². The Bertz CT molecular complexity index is 569. The minimum absolute atomic E-state index is 0. The lowest BCUT2D eigenvalue weighted by atomic mass is 10.2. The first-order valence-electron chi connectivity index (χ1n) is 6.71. The molecule has 0 aliphatic carbocycles. The van der Waals surface area contributed by atoms with Gasteiger partial charge in [-0.1, -0.05) is 12.1 Å². The van der Waals surface area contributed by atoms with Gasteiger partial charge in [-0.25, -0.2) is 4.68 Å². The third-order valence-corrected chi connectivity index (χ3v) is 3.27. The molecule has 0 atom stereocenters. The molecule has 0 aliphatic heterocycles. The Morgan fingerprint density at radius 3 is 2.43 bits per heavy atom. The molecule has 0 spiro atoms. The standard InChI is InChI=1S/C15H20FN3O.ClH/c1-4-19-15(16)14(11(2)18-19)10-17-9-12-5-7-13(20-3)8-6-12;/h5-8,17H,4,9-10H2,1-3H3;1H. The van der Waals surface area contributed by atoms with E-state index in [1.54, 1.807) is 7.11 Å². The summed E-state index contributed by atoms with van der Waals surface area (Å²) in [5.41, 5.74) is 2.51. The van der Waals surface area contributed by atoms with Gasteiger partial charge in [0.15, 0.2) is 0 Å². The van der Waals surface area contributed by atoms with Gasteiger partial charge in [-0.05, 0) is 31.5 Å². The van der Waals surface area contributed by atoms with Gasteiger partial charge in [0, 0.05) is 25.2 Å². The van der Waals surface area contributed by atoms with E-state index in [-0.39, 0.29) is 18.4 Å². The van der Waals surface area contributed by atoms with Crippen LogP contribution in [0.3, 0.4) is 0 Å². The molecule has 2 rings (SSSR count). The van der Waals surface area contributed by atoms with Gasteiger partial charge in [0.1, 0.15) is 5.75 Å². The number of rotatable bonds is 6. The van der Waals surface area contributed by atoms with Gasteiger partial charge >= 0.3 is 0 Å². The fourth-order valence-corrected chi connectivity index (χ4v) is 2.08. The molecule has 0 saturated heterocycles. The van der Waals surface area contributed by atoms with Crippen LogP contribution in [-0.4, -0.2) is 16.9 Å². The zero-order valence-electron chi connectivity index (χ0n) is 12.5. The molecule has 1 N–H and O–H groups in total. The Labute approximate surface area is 130 Å². The van der Waals surface area contributed by atoms with E-state index in [0.717, 1.165) is 17.0 Å². The number of aromatic nitrogens is 2. The van der Waals surface area contributed by atoms with Crippen molar-refractivity contribution < 1.29 is 9.13 Å². The Morgan fingerprint density at radius 2 is 1.90 bits per heavy atom. The number of aryl methyl sites for hydroxylation is 2. The lowest BCUT2D eigenvalue weighted by molar-refractivity contribution is 0.414. The average molecular weight is 314 g/mol. The van der Waals surface area contributed by atoms with Gasteiger partial charge in [-0.2, -0.15) is 9.49 Å². The van der Waals surface area contributed by atoms with Crippen LogP contribution in [-0.2, 0) is 19.6 Å². The molecular formula is C15H21ClFN3O. The number of hydrogen-bond donors (Lipinski definition) is 1. The molecule has 0 aliphatic rings. The van der Waals surface area contributed by atoms with Crippen molar-refractivity contribution in [3.05, 3.63) is 47.0 Å². The van der Waals surface area contributed by atoms with Crippen molar-refractivity contribution in [2.75, 3.05) is 7.11 Å². The third kappa shape index (κ3) is 4.19. The van der Waals surface area contributed by atoms with Crippen LogP contribution in [0.1, 0.15) is 23.7 Å². The molecule has 116 valence electrons. The first-order valence-corrected chi connectivity index (χ1v) is 6.71. The number of nitrogens with zero attached hydrogens (tertiary/aromatic N) is 2. The van der Waals surface area contributed by atoms with Crippen LogP contribution in [0.2, 0.25) is 0 Å². The van der Waals surface area contributed by atoms with Gasteiger partial charge in [-0.15, -0.1) is 12.4 Å². The predicted molar refractivity (Wildman–Crippen MR) is 83.4 cm³/mol. The second kappa shape index (κ2) is 8.00. The molecule has 1 aromatic carbocycles. The van der Waals surface area contributed by atoms with Crippen molar-refractivity contribution in [3.63, 3.8) is 0 Å². The number of ether oxygens (including phenoxy) is 1. The molecule has 21 heavy (non-hydrogen) atoms. The summed E-state index contributed by atoms with van der Waals surface area (Å²) in [5.74, 6) is 0.590. The van der Waals surface area contributed by atoms with Gasteiger partial charge in [0.25, 0.3) is 0 Å². The summed E-state index contributed by atoms with van der Waals surface area (Å²) in [6.45, 7) is 5.42.